The van der Waals surface area contributed by atoms with Gasteiger partial charge in [-0.1, -0.05) is 24.3 Å². The molecule has 26 heavy (non-hydrogen) atoms. The van der Waals surface area contributed by atoms with E-state index in [0.29, 0.717) is 12.4 Å². The SMILES string of the molecule is CCN(c1ccccc1)c1ncnc(Nc2cccc(C)n2)c1[N+](=O)[O-]. The summed E-state index contributed by atoms with van der Waals surface area (Å²) in [6.45, 7) is 4.28. The normalized spacial score (nSPS) is 10.4. The van der Waals surface area contributed by atoms with Gasteiger partial charge >= 0.3 is 5.69 Å². The van der Waals surface area contributed by atoms with Crippen molar-refractivity contribution in [3.05, 3.63) is 70.7 Å². The van der Waals surface area contributed by atoms with Gasteiger partial charge in [0.2, 0.25) is 11.6 Å². The molecule has 0 saturated carbocycles. The number of rotatable bonds is 6. The van der Waals surface area contributed by atoms with Gasteiger partial charge in [0.1, 0.15) is 12.1 Å². The predicted octanol–water partition coefficient (Wildman–Crippen LogP) is 3.99. The Morgan fingerprint density at radius 1 is 1.12 bits per heavy atom. The summed E-state index contributed by atoms with van der Waals surface area (Å²) in [4.78, 5) is 25.6. The first kappa shape index (κ1) is 17.3. The Morgan fingerprint density at radius 3 is 2.54 bits per heavy atom. The Hall–Kier alpha value is -3.55. The molecule has 1 aromatic carbocycles. The van der Waals surface area contributed by atoms with E-state index in [1.165, 1.54) is 6.33 Å². The molecule has 0 unspecified atom stereocenters. The lowest BCUT2D eigenvalue weighted by Gasteiger charge is -2.22. The molecule has 3 aromatic rings. The van der Waals surface area contributed by atoms with Crippen molar-refractivity contribution in [1.29, 1.82) is 0 Å². The molecule has 132 valence electrons. The highest BCUT2D eigenvalue weighted by Gasteiger charge is 2.27. The van der Waals surface area contributed by atoms with E-state index in [1.807, 2.05) is 56.3 Å². The average molecular weight is 350 g/mol. The van der Waals surface area contributed by atoms with Crippen LogP contribution in [0.25, 0.3) is 0 Å². The number of nitrogens with zero attached hydrogens (tertiary/aromatic N) is 5. The highest BCUT2D eigenvalue weighted by atomic mass is 16.6. The smallest absolute Gasteiger partial charge is 0.321 e. The van der Waals surface area contributed by atoms with Crippen molar-refractivity contribution in [2.45, 2.75) is 13.8 Å². The Kier molecular flexibility index (Phi) is 5.02. The molecule has 0 bridgehead atoms. The summed E-state index contributed by atoms with van der Waals surface area (Å²) in [5, 5.41) is 14.7. The van der Waals surface area contributed by atoms with Crippen LogP contribution in [0.5, 0.6) is 0 Å². The molecular formula is C18H18N6O2. The molecule has 0 fully saturated rings. The summed E-state index contributed by atoms with van der Waals surface area (Å²) in [5.41, 5.74) is 1.42. The molecule has 0 aliphatic rings. The van der Waals surface area contributed by atoms with Gasteiger partial charge in [-0.25, -0.2) is 15.0 Å². The third kappa shape index (κ3) is 3.59. The molecule has 2 heterocycles. The van der Waals surface area contributed by atoms with Crippen LogP contribution in [0.15, 0.2) is 54.9 Å². The van der Waals surface area contributed by atoms with Crippen LogP contribution in [0.2, 0.25) is 0 Å². The van der Waals surface area contributed by atoms with Crippen LogP contribution in [0.3, 0.4) is 0 Å². The van der Waals surface area contributed by atoms with Gasteiger partial charge in [0, 0.05) is 17.9 Å². The van der Waals surface area contributed by atoms with Crippen molar-refractivity contribution in [1.82, 2.24) is 15.0 Å². The van der Waals surface area contributed by atoms with Gasteiger partial charge in [0.05, 0.1) is 4.92 Å². The molecular weight excluding hydrogens is 332 g/mol. The maximum absolute atomic E-state index is 11.8. The lowest BCUT2D eigenvalue weighted by Crippen LogP contribution is -2.19. The molecule has 2 aromatic heterocycles. The molecule has 0 amide bonds. The molecule has 0 aliphatic carbocycles. The molecule has 0 aliphatic heterocycles. The summed E-state index contributed by atoms with van der Waals surface area (Å²) in [6.07, 6.45) is 1.31. The number of nitrogens with one attached hydrogen (secondary N) is 1. The number of pyridine rings is 1. The minimum Gasteiger partial charge on any atom is -0.321 e. The van der Waals surface area contributed by atoms with Crippen molar-refractivity contribution in [3.63, 3.8) is 0 Å². The lowest BCUT2D eigenvalue weighted by molar-refractivity contribution is -0.383. The maximum atomic E-state index is 11.8. The van der Waals surface area contributed by atoms with Crippen molar-refractivity contribution in [3.8, 4) is 0 Å². The maximum Gasteiger partial charge on any atom is 0.354 e. The van der Waals surface area contributed by atoms with E-state index in [0.717, 1.165) is 11.4 Å². The van der Waals surface area contributed by atoms with Crippen LogP contribution in [0, 0.1) is 17.0 Å². The standard InChI is InChI=1S/C18H18N6O2/c1-3-23(14-9-5-4-6-10-14)18-16(24(25)26)17(19-12-20-18)22-15-11-7-8-13(2)21-15/h4-12H,3H2,1-2H3,(H,19,20,21,22). The van der Waals surface area contributed by atoms with Crippen LogP contribution in [-0.2, 0) is 0 Å². The van der Waals surface area contributed by atoms with Crippen LogP contribution in [0.1, 0.15) is 12.6 Å². The monoisotopic (exact) mass is 350 g/mol. The third-order valence-corrected chi connectivity index (χ3v) is 3.76. The first-order valence-corrected chi connectivity index (χ1v) is 8.12. The van der Waals surface area contributed by atoms with Crippen molar-refractivity contribution in [2.75, 3.05) is 16.8 Å². The van der Waals surface area contributed by atoms with Crippen LogP contribution in [-0.4, -0.2) is 26.4 Å². The summed E-state index contributed by atoms with van der Waals surface area (Å²) in [6, 6.07) is 14.8. The second-order valence-electron chi connectivity index (χ2n) is 5.52. The quantitative estimate of drug-likeness (QED) is 0.530. The number of benzene rings is 1. The highest BCUT2D eigenvalue weighted by Crippen LogP contribution is 2.36. The number of hydrogen-bond acceptors (Lipinski definition) is 7. The molecule has 0 atom stereocenters. The number of aromatic nitrogens is 3. The second kappa shape index (κ2) is 7.56. The Labute approximate surface area is 150 Å². The fourth-order valence-electron chi connectivity index (χ4n) is 2.62. The van der Waals surface area contributed by atoms with Gasteiger partial charge < -0.3 is 10.2 Å². The molecule has 8 heteroatoms. The van der Waals surface area contributed by atoms with Gasteiger partial charge in [-0.05, 0) is 38.1 Å². The average Bonchev–Trinajstić information content (AvgIpc) is 2.63. The van der Waals surface area contributed by atoms with Gasteiger partial charge in [0.25, 0.3) is 0 Å². The molecule has 0 spiro atoms. The van der Waals surface area contributed by atoms with Crippen molar-refractivity contribution < 1.29 is 4.92 Å². The number of hydrogen-bond donors (Lipinski definition) is 1. The Morgan fingerprint density at radius 2 is 1.88 bits per heavy atom. The zero-order valence-corrected chi connectivity index (χ0v) is 14.5. The number of nitro groups is 1. The van der Waals surface area contributed by atoms with E-state index >= 15 is 0 Å². The minimum absolute atomic E-state index is 0.104. The van der Waals surface area contributed by atoms with E-state index in [1.54, 1.807) is 11.0 Å². The van der Waals surface area contributed by atoms with Gasteiger partial charge in [0.15, 0.2) is 0 Å². The van der Waals surface area contributed by atoms with Gasteiger partial charge in [-0.3, -0.25) is 10.1 Å². The van der Waals surface area contributed by atoms with Crippen molar-refractivity contribution in [2.24, 2.45) is 0 Å². The first-order chi connectivity index (χ1) is 12.6. The fraction of sp³-hybridized carbons (Fsp3) is 0.167. The van der Waals surface area contributed by atoms with E-state index in [4.69, 9.17) is 0 Å². The zero-order chi connectivity index (χ0) is 18.5. The van der Waals surface area contributed by atoms with Crippen LogP contribution < -0.4 is 10.2 Å². The molecule has 8 nitrogen and oxygen atoms in total. The first-order valence-electron chi connectivity index (χ1n) is 8.12. The summed E-state index contributed by atoms with van der Waals surface area (Å²) in [7, 11) is 0. The topological polar surface area (TPSA) is 97.1 Å². The summed E-state index contributed by atoms with van der Waals surface area (Å²) < 4.78 is 0. The fourth-order valence-corrected chi connectivity index (χ4v) is 2.62. The summed E-state index contributed by atoms with van der Waals surface area (Å²) >= 11 is 0. The molecule has 0 saturated heterocycles. The minimum atomic E-state index is -0.473. The third-order valence-electron chi connectivity index (χ3n) is 3.76. The number of anilines is 4. The predicted molar refractivity (Wildman–Crippen MR) is 100 cm³/mol. The van der Waals surface area contributed by atoms with E-state index < -0.39 is 4.92 Å². The summed E-state index contributed by atoms with van der Waals surface area (Å²) in [5.74, 6) is 0.821. The van der Waals surface area contributed by atoms with Crippen LogP contribution in [0.4, 0.5) is 28.8 Å². The molecule has 1 N–H and O–H groups in total. The Bertz CT molecular complexity index is 917. The van der Waals surface area contributed by atoms with Gasteiger partial charge in [-0.15, -0.1) is 0 Å². The molecule has 0 radical (unpaired) electrons. The van der Waals surface area contributed by atoms with E-state index in [9.17, 15) is 10.1 Å². The second-order valence-corrected chi connectivity index (χ2v) is 5.52. The van der Waals surface area contributed by atoms with E-state index in [-0.39, 0.29) is 17.3 Å². The lowest BCUT2D eigenvalue weighted by atomic mass is 10.2. The van der Waals surface area contributed by atoms with Crippen molar-refractivity contribution >= 4 is 28.8 Å². The zero-order valence-electron chi connectivity index (χ0n) is 14.5. The number of aryl methyl sites for hydroxylation is 1. The van der Waals surface area contributed by atoms with E-state index in [2.05, 4.69) is 20.3 Å². The highest BCUT2D eigenvalue weighted by molar-refractivity contribution is 5.77. The molecule has 3 rings (SSSR count). The number of para-hydroxylation sites is 1. The largest absolute Gasteiger partial charge is 0.354 e. The Balaban J connectivity index is 2.07. The van der Waals surface area contributed by atoms with Gasteiger partial charge in [-0.2, -0.15) is 0 Å². The van der Waals surface area contributed by atoms with Crippen LogP contribution >= 0.6 is 0 Å².